The third kappa shape index (κ3) is 3.88. The molecule has 0 aliphatic rings. The van der Waals surface area contributed by atoms with E-state index in [1.54, 1.807) is 13.2 Å². The van der Waals surface area contributed by atoms with Crippen molar-refractivity contribution in [3.63, 3.8) is 0 Å². The second-order valence-corrected chi connectivity index (χ2v) is 5.25. The lowest BCUT2D eigenvalue weighted by Crippen LogP contribution is -2.18. The van der Waals surface area contributed by atoms with E-state index in [4.69, 9.17) is 15.6 Å². The number of benzene rings is 1. The maximum Gasteiger partial charge on any atom is 0.240 e. The summed E-state index contributed by atoms with van der Waals surface area (Å²) in [5.41, 5.74) is 6.46. The van der Waals surface area contributed by atoms with Crippen LogP contribution in [0.4, 0.5) is 11.4 Å². The molecule has 1 aromatic carbocycles. The number of nitrogens with two attached hydrogens (primary N) is 2. The number of ether oxygens (including phenoxy) is 1. The summed E-state index contributed by atoms with van der Waals surface area (Å²) in [4.78, 5) is -0.0668. The normalized spacial score (nSPS) is 13.4. The Morgan fingerprint density at radius 3 is 2.59 bits per heavy atom. The Balaban J connectivity index is 2.83. The predicted octanol–water partition coefficient (Wildman–Crippen LogP) is 0.363. The first-order valence-corrected chi connectivity index (χ1v) is 6.58. The fourth-order valence-corrected chi connectivity index (χ4v) is 1.91. The van der Waals surface area contributed by atoms with Gasteiger partial charge in [0.2, 0.25) is 10.0 Å². The zero-order chi connectivity index (χ0) is 13.1. The smallest absolute Gasteiger partial charge is 0.240 e. The highest BCUT2D eigenvalue weighted by atomic mass is 32.2. The van der Waals surface area contributed by atoms with Gasteiger partial charge in [0.1, 0.15) is 4.90 Å². The van der Waals surface area contributed by atoms with Crippen molar-refractivity contribution in [1.29, 1.82) is 0 Å². The van der Waals surface area contributed by atoms with Gasteiger partial charge in [-0.05, 0) is 25.1 Å². The molecule has 0 heterocycles. The van der Waals surface area contributed by atoms with Crippen LogP contribution in [-0.2, 0) is 14.8 Å². The van der Waals surface area contributed by atoms with E-state index in [0.717, 1.165) is 5.69 Å². The maximum absolute atomic E-state index is 11.1. The van der Waals surface area contributed by atoms with Gasteiger partial charge in [-0.15, -0.1) is 0 Å². The van der Waals surface area contributed by atoms with E-state index in [1.165, 1.54) is 12.1 Å². The number of methoxy groups -OCH3 is 1. The minimum Gasteiger partial charge on any atom is -0.398 e. The molecule has 0 saturated carbocycles. The Labute approximate surface area is 101 Å². The maximum atomic E-state index is 11.1. The molecule has 1 rings (SSSR count). The SMILES string of the molecule is COC(C)CNc1ccc(S(N)(=O)=O)c(N)c1. The van der Waals surface area contributed by atoms with Crippen molar-refractivity contribution in [2.24, 2.45) is 5.14 Å². The Kier molecular flexibility index (Phi) is 4.33. The molecular formula is C10H17N3O3S. The third-order valence-corrected chi connectivity index (χ3v) is 3.30. The highest BCUT2D eigenvalue weighted by Gasteiger charge is 2.12. The van der Waals surface area contributed by atoms with Gasteiger partial charge in [0.25, 0.3) is 0 Å². The number of nitrogens with one attached hydrogen (secondary N) is 1. The number of sulfonamides is 1. The molecule has 0 bridgehead atoms. The van der Waals surface area contributed by atoms with Gasteiger partial charge in [-0.2, -0.15) is 0 Å². The Morgan fingerprint density at radius 1 is 1.47 bits per heavy atom. The molecule has 0 radical (unpaired) electrons. The van der Waals surface area contributed by atoms with Crippen LogP contribution in [0.25, 0.3) is 0 Å². The van der Waals surface area contributed by atoms with E-state index >= 15 is 0 Å². The minimum absolute atomic E-state index is 0.0501. The van der Waals surface area contributed by atoms with E-state index in [1.807, 2.05) is 6.92 Å². The van der Waals surface area contributed by atoms with E-state index in [-0.39, 0.29) is 16.7 Å². The van der Waals surface area contributed by atoms with E-state index in [0.29, 0.717) is 6.54 Å². The molecule has 1 aromatic rings. The second-order valence-electron chi connectivity index (χ2n) is 3.72. The largest absolute Gasteiger partial charge is 0.398 e. The quantitative estimate of drug-likeness (QED) is 0.662. The molecule has 17 heavy (non-hydrogen) atoms. The summed E-state index contributed by atoms with van der Waals surface area (Å²) in [5.74, 6) is 0. The average molecular weight is 259 g/mol. The summed E-state index contributed by atoms with van der Waals surface area (Å²) in [5, 5.41) is 8.08. The van der Waals surface area contributed by atoms with Gasteiger partial charge in [-0.1, -0.05) is 0 Å². The molecule has 0 spiro atoms. The molecule has 0 saturated heterocycles. The summed E-state index contributed by atoms with van der Waals surface area (Å²) in [6, 6.07) is 4.52. The first-order chi connectivity index (χ1) is 7.84. The van der Waals surface area contributed by atoms with Crippen LogP contribution in [0.15, 0.2) is 23.1 Å². The third-order valence-electron chi connectivity index (χ3n) is 2.31. The standard InChI is InChI=1S/C10H17N3O3S/c1-7(16-2)6-13-8-3-4-10(9(11)5-8)17(12,14)15/h3-5,7,13H,6,11H2,1-2H3,(H2,12,14,15). The summed E-state index contributed by atoms with van der Waals surface area (Å²) in [7, 11) is -2.15. The van der Waals surface area contributed by atoms with Crippen molar-refractivity contribution in [3.05, 3.63) is 18.2 Å². The summed E-state index contributed by atoms with van der Waals surface area (Å²) in [6.07, 6.45) is 0.0501. The predicted molar refractivity (Wildman–Crippen MR) is 67.2 cm³/mol. The summed E-state index contributed by atoms with van der Waals surface area (Å²) < 4.78 is 27.3. The lowest BCUT2D eigenvalue weighted by Gasteiger charge is -2.13. The van der Waals surface area contributed by atoms with Gasteiger partial charge in [0.15, 0.2) is 0 Å². The van der Waals surface area contributed by atoms with Crippen molar-refractivity contribution in [1.82, 2.24) is 0 Å². The fraction of sp³-hybridized carbons (Fsp3) is 0.400. The Morgan fingerprint density at radius 2 is 2.12 bits per heavy atom. The van der Waals surface area contributed by atoms with Crippen LogP contribution in [0.5, 0.6) is 0 Å². The van der Waals surface area contributed by atoms with Gasteiger partial charge in [-0.25, -0.2) is 13.6 Å². The van der Waals surface area contributed by atoms with Crippen molar-refractivity contribution < 1.29 is 13.2 Å². The average Bonchev–Trinajstić information content (AvgIpc) is 2.24. The van der Waals surface area contributed by atoms with E-state index < -0.39 is 10.0 Å². The van der Waals surface area contributed by atoms with E-state index in [9.17, 15) is 8.42 Å². The number of hydrogen-bond acceptors (Lipinski definition) is 5. The fourth-order valence-electron chi connectivity index (χ4n) is 1.26. The van der Waals surface area contributed by atoms with Gasteiger partial charge in [0.05, 0.1) is 11.8 Å². The van der Waals surface area contributed by atoms with E-state index in [2.05, 4.69) is 5.32 Å². The first-order valence-electron chi connectivity index (χ1n) is 5.03. The van der Waals surface area contributed by atoms with Crippen molar-refractivity contribution in [3.8, 4) is 0 Å². The zero-order valence-electron chi connectivity index (χ0n) is 9.80. The monoisotopic (exact) mass is 259 g/mol. The molecule has 96 valence electrons. The zero-order valence-corrected chi connectivity index (χ0v) is 10.6. The van der Waals surface area contributed by atoms with Crippen LogP contribution < -0.4 is 16.2 Å². The van der Waals surface area contributed by atoms with Crippen molar-refractivity contribution in [2.75, 3.05) is 24.7 Å². The second kappa shape index (κ2) is 5.35. The van der Waals surface area contributed by atoms with Crippen LogP contribution in [0.1, 0.15) is 6.92 Å². The molecule has 0 aliphatic carbocycles. The highest BCUT2D eigenvalue weighted by molar-refractivity contribution is 7.89. The summed E-state index contributed by atoms with van der Waals surface area (Å²) >= 11 is 0. The Bertz CT molecular complexity index is 488. The molecule has 0 aromatic heterocycles. The minimum atomic E-state index is -3.76. The molecule has 5 N–H and O–H groups in total. The number of primary sulfonamides is 1. The number of rotatable bonds is 5. The molecule has 1 atom stereocenters. The molecule has 0 fully saturated rings. The van der Waals surface area contributed by atoms with Crippen LogP contribution in [0.2, 0.25) is 0 Å². The van der Waals surface area contributed by atoms with Gasteiger partial charge < -0.3 is 15.8 Å². The molecule has 6 nitrogen and oxygen atoms in total. The van der Waals surface area contributed by atoms with Gasteiger partial charge in [0, 0.05) is 19.3 Å². The Hall–Kier alpha value is -1.31. The number of anilines is 2. The highest BCUT2D eigenvalue weighted by Crippen LogP contribution is 2.21. The lowest BCUT2D eigenvalue weighted by molar-refractivity contribution is 0.129. The first kappa shape index (κ1) is 13.8. The topological polar surface area (TPSA) is 107 Å². The number of nitrogen functional groups attached to an aromatic ring is 1. The van der Waals surface area contributed by atoms with Crippen molar-refractivity contribution in [2.45, 2.75) is 17.9 Å². The molecule has 0 aliphatic heterocycles. The molecule has 7 heteroatoms. The van der Waals surface area contributed by atoms with Gasteiger partial charge in [-0.3, -0.25) is 0 Å². The van der Waals surface area contributed by atoms with Gasteiger partial charge >= 0.3 is 0 Å². The molecule has 1 unspecified atom stereocenters. The van der Waals surface area contributed by atoms with Crippen LogP contribution in [0.3, 0.4) is 0 Å². The van der Waals surface area contributed by atoms with Crippen LogP contribution in [0, 0.1) is 0 Å². The lowest BCUT2D eigenvalue weighted by atomic mass is 10.2. The van der Waals surface area contributed by atoms with Crippen molar-refractivity contribution >= 4 is 21.4 Å². The summed E-state index contributed by atoms with van der Waals surface area (Å²) in [6.45, 7) is 2.51. The van der Waals surface area contributed by atoms with Crippen LogP contribution >= 0.6 is 0 Å². The number of hydrogen-bond donors (Lipinski definition) is 3. The van der Waals surface area contributed by atoms with Crippen LogP contribution in [-0.4, -0.2) is 28.2 Å². The molecular weight excluding hydrogens is 242 g/mol. The molecule has 0 amide bonds.